The fourth-order valence-electron chi connectivity index (χ4n) is 11.9. The Bertz CT molecular complexity index is 3980. The number of aliphatic hydroxyl groups is 2. The lowest BCUT2D eigenvalue weighted by Gasteiger charge is -2.42. The summed E-state index contributed by atoms with van der Waals surface area (Å²) >= 11 is 2.77. The number of furan rings is 2. The van der Waals surface area contributed by atoms with E-state index in [-0.39, 0.29) is 43.7 Å². The van der Waals surface area contributed by atoms with Crippen molar-refractivity contribution in [3.8, 4) is 0 Å². The fourth-order valence-corrected chi connectivity index (χ4v) is 13.5. The number of hydrogen-bond acceptors (Lipinski definition) is 22. The zero-order valence-corrected chi connectivity index (χ0v) is 51.8. The van der Waals surface area contributed by atoms with Crippen LogP contribution in [0, 0.1) is 0 Å². The van der Waals surface area contributed by atoms with Gasteiger partial charge in [-0.25, -0.2) is 19.6 Å². The number of aliphatic carboxylic acids is 1. The number of carboxylic acids is 1. The lowest BCUT2D eigenvalue weighted by molar-refractivity contribution is -0.192. The number of nitrogens with zero attached hydrogens (tertiary/aromatic N) is 9. The molecule has 4 unspecified atom stereocenters. The van der Waals surface area contributed by atoms with Crippen LogP contribution in [0.2, 0.25) is 0 Å². The Hall–Kier alpha value is -8.27. The number of aromatic amines is 4. The van der Waals surface area contributed by atoms with Gasteiger partial charge < -0.3 is 63.4 Å². The number of benzene rings is 2. The van der Waals surface area contributed by atoms with Crippen LogP contribution >= 0.6 is 23.5 Å². The van der Waals surface area contributed by atoms with Gasteiger partial charge in [0.25, 0.3) is 0 Å². The van der Waals surface area contributed by atoms with E-state index in [0.717, 1.165) is 76.0 Å². The Kier molecular flexibility index (Phi) is 18.8. The van der Waals surface area contributed by atoms with E-state index < -0.39 is 42.0 Å². The monoisotopic (exact) mass is 1310 g/mol. The average Bonchev–Trinajstić information content (AvgIpc) is 1.33. The number of carbonyl (C=O) groups excluding carboxylic acids is 3. The number of alkyl halides is 3. The molecule has 0 bridgehead atoms. The molecule has 0 saturated carbocycles. The van der Waals surface area contributed by atoms with Gasteiger partial charge in [-0.1, -0.05) is 24.3 Å². The number of nitrogens with one attached hydrogen (secondary N) is 5. The van der Waals surface area contributed by atoms with Crippen molar-refractivity contribution in [2.24, 2.45) is 0 Å². The number of imidazole rings is 2. The van der Waals surface area contributed by atoms with Gasteiger partial charge in [0.15, 0.2) is 32.1 Å². The van der Waals surface area contributed by atoms with Crippen molar-refractivity contribution in [2.45, 2.75) is 77.1 Å². The molecule has 6 aromatic heterocycles. The first-order valence-corrected chi connectivity index (χ1v) is 31.4. The Morgan fingerprint density at radius 1 is 0.652 bits per heavy atom. The Balaban J connectivity index is 0.000000162. The second kappa shape index (κ2) is 27.1. The number of ketones is 2. The molecule has 12 heterocycles. The molecule has 0 radical (unpaired) electrons. The summed E-state index contributed by atoms with van der Waals surface area (Å²) < 4.78 is 61.0. The lowest BCUT2D eigenvalue weighted by Crippen LogP contribution is -2.51. The predicted molar refractivity (Wildman–Crippen MR) is 328 cm³/mol. The summed E-state index contributed by atoms with van der Waals surface area (Å²) in [7, 11) is 0. The third kappa shape index (κ3) is 14.3. The second-order valence-electron chi connectivity index (χ2n) is 23.5. The first-order valence-electron chi connectivity index (χ1n) is 29.7. The predicted octanol–water partition coefficient (Wildman–Crippen LogP) is 6.48. The average molecular weight is 1310 g/mol. The number of β-amino-alcohol motifs (C(OH)–C–C–N with tert-alkyl or cyclic N) is 2. The molecular weight excluding hydrogens is 1240 g/mol. The van der Waals surface area contributed by atoms with E-state index >= 15 is 0 Å². The van der Waals surface area contributed by atoms with Crippen LogP contribution in [0.5, 0.6) is 0 Å². The van der Waals surface area contributed by atoms with Gasteiger partial charge in [-0.05, 0) is 92.8 Å². The molecule has 486 valence electrons. The van der Waals surface area contributed by atoms with Crippen LogP contribution in [0.1, 0.15) is 55.3 Å². The second-order valence-corrected chi connectivity index (χ2v) is 25.5. The Labute approximate surface area is 531 Å². The smallest absolute Gasteiger partial charge is 0.475 e. The number of rotatable bonds is 14. The molecule has 6 aliphatic rings. The number of para-hydroxylation sites is 4. The van der Waals surface area contributed by atoms with Crippen LogP contribution in [0.15, 0.2) is 137 Å². The van der Waals surface area contributed by atoms with Gasteiger partial charge in [-0.2, -0.15) is 23.4 Å². The van der Waals surface area contributed by atoms with E-state index in [9.17, 15) is 37.8 Å². The van der Waals surface area contributed by atoms with Crippen molar-refractivity contribution < 1.29 is 70.7 Å². The van der Waals surface area contributed by atoms with E-state index in [0.29, 0.717) is 102 Å². The number of morpholine rings is 2. The molecule has 4 atom stereocenters. The molecule has 0 spiro atoms. The minimum atomic E-state index is -5.08. The third-order valence-corrected chi connectivity index (χ3v) is 17.5. The van der Waals surface area contributed by atoms with Crippen molar-refractivity contribution in [3.05, 3.63) is 130 Å². The summed E-state index contributed by atoms with van der Waals surface area (Å²) in [5.74, 6) is -1.24. The number of halogens is 3. The molecule has 2 fully saturated rings. The number of hydrogen-bond donors (Lipinski definition) is 8. The highest BCUT2D eigenvalue weighted by molar-refractivity contribution is 7.99. The summed E-state index contributed by atoms with van der Waals surface area (Å²) in [6, 6.07) is 23.3. The summed E-state index contributed by atoms with van der Waals surface area (Å²) in [5, 5.41) is 50.3. The number of H-pyrrole nitrogens is 4. The van der Waals surface area contributed by atoms with Crippen LogP contribution < -0.4 is 15.1 Å². The van der Waals surface area contributed by atoms with Crippen molar-refractivity contribution in [1.29, 1.82) is 0 Å². The first kappa shape index (κ1) is 63.9. The SMILES string of the molecule is CC(C)(C)OC(=O)N1CC(=O)C2=C(C1)N(CC(O)CN1CCOCC1)c1[nH]ncc1C2c1ccc(Sc2nc3ccccc3[nH]2)o1.O=C(O)C(F)(F)F.O=C1CNCC2=C1C(c1ccc(Sc3nc4ccccc4[nH]3)o1)c1cn[nH]c1N2CC(O)CN1CCOCC1. The fraction of sp³-hybridized carbons (Fsp3) is 0.410. The number of amides is 1. The summed E-state index contributed by atoms with van der Waals surface area (Å²) in [4.78, 5) is 75.1. The normalized spacial score (nSPS) is 19.6. The van der Waals surface area contributed by atoms with Crippen LogP contribution in [-0.4, -0.2) is 223 Å². The van der Waals surface area contributed by atoms with E-state index in [1.165, 1.54) is 28.4 Å². The Morgan fingerprint density at radius 3 is 1.59 bits per heavy atom. The standard InChI is InChI=1S/C32H37N7O6S.C27H29N7O4S.C2HF3O2/c1-32(2,3)45-31(42)38-17-23-28(24(41)18-38)27(25-8-9-26(44-25)46-30-34-21-6-4-5-7-22(21)35-30)20-14-33-36-29(20)39(23)16-19(40)15-37-10-12-43-13-11-37;35-16(14-33-7-9-37-10-8-33)15-34-20-12-28-13-21(36)25(20)24(17-11-29-32-26(17)34)22-5-6-23(38-22)39-27-30-18-3-1-2-4-19(18)31-27;3-2(4,5)1(6)7/h4-9,14,19,27,40H,10-13,15-18H2,1-3H3,(H,33,36)(H,34,35);1-6,11,16,24,28,35H,7-10,12-15H2,(H,29,32)(H,30,31);(H,6,7). The first-order chi connectivity index (χ1) is 44.2. The summed E-state index contributed by atoms with van der Waals surface area (Å²) in [6.45, 7) is 13.3. The summed E-state index contributed by atoms with van der Waals surface area (Å²) in [5.41, 5.74) is 7.20. The molecule has 8 N–H and O–H groups in total. The maximum atomic E-state index is 14.1. The highest BCUT2D eigenvalue weighted by Crippen LogP contribution is 2.49. The van der Waals surface area contributed by atoms with Gasteiger partial charge in [-0.3, -0.25) is 34.5 Å². The van der Waals surface area contributed by atoms with E-state index in [1.54, 1.807) is 33.2 Å². The van der Waals surface area contributed by atoms with Gasteiger partial charge in [0.05, 0.1) is 118 Å². The van der Waals surface area contributed by atoms with Gasteiger partial charge in [-0.15, -0.1) is 0 Å². The summed E-state index contributed by atoms with van der Waals surface area (Å²) in [6.07, 6.45) is -3.56. The Morgan fingerprint density at radius 2 is 1.12 bits per heavy atom. The number of Topliss-reactive ketones (excluding diaryl/α,β-unsaturated/α-hetero) is 2. The molecule has 92 heavy (non-hydrogen) atoms. The number of aliphatic hydroxyl groups excluding tert-OH is 2. The van der Waals surface area contributed by atoms with Crippen molar-refractivity contribution in [2.75, 3.05) is 115 Å². The lowest BCUT2D eigenvalue weighted by atomic mass is 9.81. The molecule has 6 aliphatic heterocycles. The van der Waals surface area contributed by atoms with E-state index in [4.69, 9.17) is 32.9 Å². The van der Waals surface area contributed by atoms with Gasteiger partial charge >= 0.3 is 18.2 Å². The molecule has 2 aromatic carbocycles. The van der Waals surface area contributed by atoms with Crippen LogP contribution in [-0.2, 0) is 28.6 Å². The van der Waals surface area contributed by atoms with Gasteiger partial charge in [0.2, 0.25) is 0 Å². The maximum absolute atomic E-state index is 14.1. The van der Waals surface area contributed by atoms with Crippen molar-refractivity contribution in [3.63, 3.8) is 0 Å². The molecule has 31 heteroatoms. The third-order valence-electron chi connectivity index (χ3n) is 15.9. The zero-order chi connectivity index (χ0) is 64.4. The van der Waals surface area contributed by atoms with E-state index in [1.807, 2.05) is 82.6 Å². The number of carbonyl (C=O) groups is 4. The maximum Gasteiger partial charge on any atom is 0.490 e. The van der Waals surface area contributed by atoms with Crippen molar-refractivity contribution >= 4 is 80.9 Å². The van der Waals surface area contributed by atoms with Gasteiger partial charge in [0.1, 0.15) is 28.8 Å². The molecule has 8 aromatic rings. The van der Waals surface area contributed by atoms with Crippen LogP contribution in [0.3, 0.4) is 0 Å². The molecule has 26 nitrogen and oxygen atoms in total. The zero-order valence-electron chi connectivity index (χ0n) is 50.2. The van der Waals surface area contributed by atoms with E-state index in [2.05, 4.69) is 55.4 Å². The minimum absolute atomic E-state index is 0.0173. The van der Waals surface area contributed by atoms with Crippen LogP contribution in [0.25, 0.3) is 22.1 Å². The number of ether oxygens (including phenoxy) is 3. The quantitative estimate of drug-likeness (QED) is 0.0577. The number of carboxylic acid groups (broad SMARTS) is 1. The molecule has 0 aliphatic carbocycles. The topological polar surface area (TPSA) is 326 Å². The van der Waals surface area contributed by atoms with Crippen molar-refractivity contribution in [1.82, 2.24) is 60.3 Å². The highest BCUT2D eigenvalue weighted by Gasteiger charge is 2.46. The van der Waals surface area contributed by atoms with Crippen LogP contribution in [0.4, 0.5) is 29.6 Å². The minimum Gasteiger partial charge on any atom is -0.475 e. The largest absolute Gasteiger partial charge is 0.490 e. The number of aromatic nitrogens is 8. The molecule has 1 amide bonds. The molecule has 14 rings (SSSR count). The highest BCUT2D eigenvalue weighted by atomic mass is 32.2. The molecular formula is C61H67F3N14O12S2. The number of anilines is 2. The number of fused-ring (bicyclic) bond motifs is 4. The molecule has 2 saturated heterocycles. The van der Waals surface area contributed by atoms with Gasteiger partial charge in [0, 0.05) is 79.5 Å².